The summed E-state index contributed by atoms with van der Waals surface area (Å²) in [6.07, 6.45) is 4.83. The maximum Gasteiger partial charge on any atom is 0.226 e. The number of carbonyl (C=O) groups excluding carboxylic acids is 1. The van der Waals surface area contributed by atoms with E-state index in [1.54, 1.807) is 0 Å². The van der Waals surface area contributed by atoms with E-state index in [0.717, 1.165) is 31.5 Å². The molecule has 3 heteroatoms. The Morgan fingerprint density at radius 2 is 2.16 bits per heavy atom. The van der Waals surface area contributed by atoms with Crippen molar-refractivity contribution in [3.63, 3.8) is 0 Å². The van der Waals surface area contributed by atoms with E-state index in [-0.39, 0.29) is 5.91 Å². The molecule has 0 bridgehead atoms. The van der Waals surface area contributed by atoms with Gasteiger partial charge in [-0.15, -0.1) is 0 Å². The van der Waals surface area contributed by atoms with Crippen LogP contribution in [0.4, 0.5) is 5.69 Å². The largest absolute Gasteiger partial charge is 0.330 e. The zero-order valence-corrected chi connectivity index (χ0v) is 11.8. The molecule has 0 saturated heterocycles. The van der Waals surface area contributed by atoms with Crippen LogP contribution in [-0.4, -0.2) is 19.0 Å². The fourth-order valence-corrected chi connectivity index (χ4v) is 2.57. The first-order valence-electron chi connectivity index (χ1n) is 7.30. The topological polar surface area (TPSA) is 46.3 Å². The number of carbonyl (C=O) groups is 1. The molecule has 19 heavy (non-hydrogen) atoms. The van der Waals surface area contributed by atoms with Crippen molar-refractivity contribution in [1.29, 1.82) is 0 Å². The molecule has 0 saturated carbocycles. The zero-order chi connectivity index (χ0) is 13.7. The number of fused-ring (bicyclic) bond motifs is 1. The lowest BCUT2D eigenvalue weighted by Crippen LogP contribution is -2.32. The van der Waals surface area contributed by atoms with Crippen molar-refractivity contribution in [2.24, 2.45) is 11.7 Å². The summed E-state index contributed by atoms with van der Waals surface area (Å²) < 4.78 is 0. The molecule has 0 aromatic heterocycles. The quantitative estimate of drug-likeness (QED) is 0.904. The molecule has 1 heterocycles. The minimum atomic E-state index is 0.245. The molecule has 1 aromatic rings. The first-order chi connectivity index (χ1) is 9.22. The Labute approximate surface area is 115 Å². The highest BCUT2D eigenvalue weighted by atomic mass is 16.2. The van der Waals surface area contributed by atoms with Crippen LogP contribution in [-0.2, 0) is 11.2 Å². The van der Waals surface area contributed by atoms with Gasteiger partial charge < -0.3 is 10.6 Å². The second-order valence-electron chi connectivity index (χ2n) is 5.51. The van der Waals surface area contributed by atoms with Crippen molar-refractivity contribution in [2.75, 3.05) is 18.0 Å². The Balaban J connectivity index is 2.08. The fraction of sp³-hybridized carbons (Fsp3) is 0.562. The van der Waals surface area contributed by atoms with Gasteiger partial charge in [0.1, 0.15) is 0 Å². The molecule has 3 nitrogen and oxygen atoms in total. The SMILES string of the molecule is CC(CN)CCC(=O)N1CCCCc2ccccc21. The number of anilines is 1. The van der Waals surface area contributed by atoms with Gasteiger partial charge >= 0.3 is 0 Å². The van der Waals surface area contributed by atoms with E-state index in [1.165, 1.54) is 12.0 Å². The van der Waals surface area contributed by atoms with Crippen LogP contribution >= 0.6 is 0 Å². The Kier molecular flexibility index (Phi) is 4.97. The van der Waals surface area contributed by atoms with Crippen molar-refractivity contribution in [1.82, 2.24) is 0 Å². The van der Waals surface area contributed by atoms with Gasteiger partial charge in [0.2, 0.25) is 5.91 Å². The number of nitrogens with two attached hydrogens (primary N) is 1. The van der Waals surface area contributed by atoms with Crippen molar-refractivity contribution in [3.05, 3.63) is 29.8 Å². The summed E-state index contributed by atoms with van der Waals surface area (Å²) in [5, 5.41) is 0. The maximum absolute atomic E-state index is 12.4. The molecule has 1 aliphatic rings. The zero-order valence-electron chi connectivity index (χ0n) is 11.8. The Bertz CT molecular complexity index is 431. The molecule has 1 unspecified atom stereocenters. The summed E-state index contributed by atoms with van der Waals surface area (Å²) in [5.41, 5.74) is 8.04. The molecule has 1 aromatic carbocycles. The lowest BCUT2D eigenvalue weighted by atomic mass is 10.0. The standard InChI is InChI=1S/C16H24N2O/c1-13(12-17)9-10-16(19)18-11-5-4-7-14-6-2-3-8-15(14)18/h2-3,6,8,13H,4-5,7,9-12,17H2,1H3. The van der Waals surface area contributed by atoms with E-state index in [1.807, 2.05) is 11.0 Å². The number of aryl methyl sites for hydroxylation is 1. The lowest BCUT2D eigenvalue weighted by molar-refractivity contribution is -0.118. The monoisotopic (exact) mass is 260 g/mol. The van der Waals surface area contributed by atoms with Gasteiger partial charge in [-0.1, -0.05) is 25.1 Å². The number of benzene rings is 1. The third-order valence-electron chi connectivity index (χ3n) is 3.91. The predicted octanol–water partition coefficient (Wildman–Crippen LogP) is 2.73. The van der Waals surface area contributed by atoms with E-state index in [0.29, 0.717) is 18.9 Å². The predicted molar refractivity (Wildman–Crippen MR) is 79.2 cm³/mol. The third-order valence-corrected chi connectivity index (χ3v) is 3.91. The highest BCUT2D eigenvalue weighted by molar-refractivity contribution is 5.94. The van der Waals surface area contributed by atoms with Crippen LogP contribution in [0, 0.1) is 5.92 Å². The third kappa shape index (κ3) is 3.57. The van der Waals surface area contributed by atoms with Crippen LogP contribution in [0.25, 0.3) is 0 Å². The molecular weight excluding hydrogens is 236 g/mol. The summed E-state index contributed by atoms with van der Waals surface area (Å²) in [6.45, 7) is 3.61. The summed E-state index contributed by atoms with van der Waals surface area (Å²) in [5.74, 6) is 0.667. The molecule has 1 aliphatic heterocycles. The fourth-order valence-electron chi connectivity index (χ4n) is 2.57. The first kappa shape index (κ1) is 14.1. The van der Waals surface area contributed by atoms with E-state index in [9.17, 15) is 4.79 Å². The number of para-hydroxylation sites is 1. The van der Waals surface area contributed by atoms with Gasteiger partial charge in [0, 0.05) is 18.7 Å². The average Bonchev–Trinajstić information content (AvgIpc) is 2.66. The van der Waals surface area contributed by atoms with Gasteiger partial charge in [-0.05, 0) is 49.8 Å². The minimum absolute atomic E-state index is 0.245. The smallest absolute Gasteiger partial charge is 0.226 e. The highest BCUT2D eigenvalue weighted by Gasteiger charge is 2.20. The molecule has 1 atom stereocenters. The van der Waals surface area contributed by atoms with Gasteiger partial charge in [0.15, 0.2) is 0 Å². The normalized spacial score (nSPS) is 16.6. The number of nitrogens with zero attached hydrogens (tertiary/aromatic N) is 1. The molecule has 0 radical (unpaired) electrons. The second-order valence-corrected chi connectivity index (χ2v) is 5.51. The van der Waals surface area contributed by atoms with Crippen molar-refractivity contribution in [2.45, 2.75) is 39.0 Å². The molecule has 0 spiro atoms. The van der Waals surface area contributed by atoms with Crippen molar-refractivity contribution < 1.29 is 4.79 Å². The van der Waals surface area contributed by atoms with Crippen LogP contribution in [0.5, 0.6) is 0 Å². The average molecular weight is 260 g/mol. The molecule has 1 amide bonds. The Morgan fingerprint density at radius 1 is 1.37 bits per heavy atom. The number of hydrogen-bond acceptors (Lipinski definition) is 2. The van der Waals surface area contributed by atoms with Crippen LogP contribution in [0.3, 0.4) is 0 Å². The number of rotatable bonds is 4. The second kappa shape index (κ2) is 6.71. The Morgan fingerprint density at radius 3 is 2.95 bits per heavy atom. The molecule has 2 N–H and O–H groups in total. The first-order valence-corrected chi connectivity index (χ1v) is 7.30. The number of amides is 1. The van der Waals surface area contributed by atoms with Gasteiger partial charge in [0.05, 0.1) is 0 Å². The van der Waals surface area contributed by atoms with E-state index in [4.69, 9.17) is 5.73 Å². The van der Waals surface area contributed by atoms with E-state index >= 15 is 0 Å². The van der Waals surface area contributed by atoms with Gasteiger partial charge in [-0.25, -0.2) is 0 Å². The number of hydrogen-bond donors (Lipinski definition) is 1. The Hall–Kier alpha value is -1.35. The van der Waals surface area contributed by atoms with E-state index < -0.39 is 0 Å². The summed E-state index contributed by atoms with van der Waals surface area (Å²) in [7, 11) is 0. The van der Waals surface area contributed by atoms with Crippen LogP contribution in [0.1, 0.15) is 38.2 Å². The van der Waals surface area contributed by atoms with Gasteiger partial charge in [0.25, 0.3) is 0 Å². The molecule has 0 fully saturated rings. The van der Waals surface area contributed by atoms with E-state index in [2.05, 4.69) is 25.1 Å². The molecular formula is C16H24N2O. The maximum atomic E-state index is 12.4. The van der Waals surface area contributed by atoms with Crippen molar-refractivity contribution in [3.8, 4) is 0 Å². The minimum Gasteiger partial charge on any atom is -0.330 e. The van der Waals surface area contributed by atoms with Crippen molar-refractivity contribution >= 4 is 11.6 Å². The lowest BCUT2D eigenvalue weighted by Gasteiger charge is -2.23. The van der Waals surface area contributed by atoms with Gasteiger partial charge in [-0.3, -0.25) is 4.79 Å². The summed E-state index contributed by atoms with van der Waals surface area (Å²) in [6, 6.07) is 8.30. The summed E-state index contributed by atoms with van der Waals surface area (Å²) in [4.78, 5) is 14.4. The molecule has 0 aliphatic carbocycles. The van der Waals surface area contributed by atoms with Crippen LogP contribution < -0.4 is 10.6 Å². The molecule has 104 valence electrons. The van der Waals surface area contributed by atoms with Crippen LogP contribution in [0.2, 0.25) is 0 Å². The molecule has 2 rings (SSSR count). The highest BCUT2D eigenvalue weighted by Crippen LogP contribution is 2.27. The summed E-state index contributed by atoms with van der Waals surface area (Å²) >= 11 is 0. The van der Waals surface area contributed by atoms with Crippen LogP contribution in [0.15, 0.2) is 24.3 Å². The van der Waals surface area contributed by atoms with Gasteiger partial charge in [-0.2, -0.15) is 0 Å².